The summed E-state index contributed by atoms with van der Waals surface area (Å²) < 4.78 is 9.45. The average Bonchev–Trinajstić information content (AvgIpc) is 3.10. The summed E-state index contributed by atoms with van der Waals surface area (Å²) in [5, 5.41) is 6.86. The number of benzene rings is 1. The number of rotatable bonds is 5. The first-order chi connectivity index (χ1) is 12.2. The van der Waals surface area contributed by atoms with Crippen molar-refractivity contribution >= 4 is 29.0 Å². The number of nitrogens with zero attached hydrogens (tertiary/aromatic N) is 3. The van der Waals surface area contributed by atoms with Crippen molar-refractivity contribution in [3.8, 4) is 0 Å². The quantitative estimate of drug-likeness (QED) is 0.881. The van der Waals surface area contributed by atoms with Crippen LogP contribution in [0.3, 0.4) is 0 Å². The van der Waals surface area contributed by atoms with Crippen LogP contribution in [-0.4, -0.2) is 52.1 Å². The lowest BCUT2D eigenvalue weighted by Crippen LogP contribution is -2.50. The van der Waals surface area contributed by atoms with Gasteiger partial charge in [0.1, 0.15) is 4.88 Å². The zero-order valence-corrected chi connectivity index (χ0v) is 14.8. The third-order valence-electron chi connectivity index (χ3n) is 3.92. The van der Waals surface area contributed by atoms with Crippen LogP contribution < -0.4 is 5.32 Å². The van der Waals surface area contributed by atoms with Gasteiger partial charge in [-0.1, -0.05) is 36.0 Å². The van der Waals surface area contributed by atoms with Gasteiger partial charge in [-0.3, -0.25) is 9.59 Å². The second kappa shape index (κ2) is 8.17. The Morgan fingerprint density at radius 1 is 1.36 bits per heavy atom. The zero-order valence-electron chi connectivity index (χ0n) is 14.0. The summed E-state index contributed by atoms with van der Waals surface area (Å²) in [6.07, 6.45) is 0.935. The number of carbonyl (C=O) groups is 2. The maximum Gasteiger partial charge on any atom is 0.267 e. The highest BCUT2D eigenvalue weighted by Crippen LogP contribution is 2.18. The summed E-state index contributed by atoms with van der Waals surface area (Å²) in [6, 6.07) is 9.19. The Balaban J connectivity index is 1.65. The fourth-order valence-electron chi connectivity index (χ4n) is 2.65. The Hall–Kier alpha value is -2.32. The molecule has 2 heterocycles. The van der Waals surface area contributed by atoms with E-state index in [2.05, 4.69) is 14.9 Å². The number of hydrogen-bond donors (Lipinski definition) is 1. The van der Waals surface area contributed by atoms with Gasteiger partial charge in [0.2, 0.25) is 0 Å². The minimum atomic E-state index is -0.687. The monoisotopic (exact) mass is 360 g/mol. The van der Waals surface area contributed by atoms with Gasteiger partial charge in [0.05, 0.1) is 18.8 Å². The predicted octanol–water partition coefficient (Wildman–Crippen LogP) is 1.97. The SMILES string of the molecule is CCCc1nnsc1C(=O)N1CCOC(C(=O)Nc2ccccc2)C1. The van der Waals surface area contributed by atoms with Crippen LogP contribution in [0.1, 0.15) is 28.7 Å². The highest BCUT2D eigenvalue weighted by molar-refractivity contribution is 7.08. The van der Waals surface area contributed by atoms with Gasteiger partial charge < -0.3 is 15.0 Å². The molecule has 0 saturated carbocycles. The molecule has 1 aromatic carbocycles. The van der Waals surface area contributed by atoms with Crippen molar-refractivity contribution in [2.45, 2.75) is 25.9 Å². The summed E-state index contributed by atoms with van der Waals surface area (Å²) in [4.78, 5) is 27.4. The van der Waals surface area contributed by atoms with E-state index >= 15 is 0 Å². The van der Waals surface area contributed by atoms with E-state index in [1.54, 1.807) is 4.90 Å². The molecule has 1 unspecified atom stereocenters. The van der Waals surface area contributed by atoms with Gasteiger partial charge >= 0.3 is 0 Å². The highest BCUT2D eigenvalue weighted by Gasteiger charge is 2.31. The van der Waals surface area contributed by atoms with Gasteiger partial charge in [-0.2, -0.15) is 0 Å². The molecule has 2 amide bonds. The molecule has 1 aliphatic rings. The first-order valence-electron chi connectivity index (χ1n) is 8.27. The number of aryl methyl sites for hydroxylation is 1. The second-order valence-electron chi connectivity index (χ2n) is 5.76. The molecule has 0 radical (unpaired) electrons. The summed E-state index contributed by atoms with van der Waals surface area (Å²) >= 11 is 1.11. The molecule has 1 atom stereocenters. The maximum atomic E-state index is 12.8. The van der Waals surface area contributed by atoms with Crippen LogP contribution in [-0.2, 0) is 16.0 Å². The van der Waals surface area contributed by atoms with E-state index < -0.39 is 6.10 Å². The lowest BCUT2D eigenvalue weighted by Gasteiger charge is -2.32. The molecular formula is C17H20N4O3S. The first kappa shape index (κ1) is 17.5. The number of hydrogen-bond acceptors (Lipinski definition) is 6. The molecule has 3 rings (SSSR count). The molecule has 0 bridgehead atoms. The normalized spacial score (nSPS) is 17.3. The van der Waals surface area contributed by atoms with Gasteiger partial charge in [-0.15, -0.1) is 5.10 Å². The van der Waals surface area contributed by atoms with Crippen molar-refractivity contribution in [2.24, 2.45) is 0 Å². The van der Waals surface area contributed by atoms with Crippen molar-refractivity contribution in [2.75, 3.05) is 25.0 Å². The van der Waals surface area contributed by atoms with E-state index in [4.69, 9.17) is 4.74 Å². The van der Waals surface area contributed by atoms with E-state index in [-0.39, 0.29) is 18.4 Å². The molecule has 25 heavy (non-hydrogen) atoms. The fourth-order valence-corrected chi connectivity index (χ4v) is 3.33. The van der Waals surface area contributed by atoms with Crippen LogP contribution in [0.5, 0.6) is 0 Å². The van der Waals surface area contributed by atoms with E-state index in [0.717, 1.165) is 30.1 Å². The Labute approximate surface area is 150 Å². The van der Waals surface area contributed by atoms with Gasteiger partial charge in [0, 0.05) is 12.2 Å². The van der Waals surface area contributed by atoms with E-state index in [1.807, 2.05) is 37.3 Å². The number of anilines is 1. The molecule has 1 saturated heterocycles. The average molecular weight is 360 g/mol. The molecular weight excluding hydrogens is 340 g/mol. The molecule has 1 N–H and O–H groups in total. The van der Waals surface area contributed by atoms with Crippen molar-refractivity contribution in [1.29, 1.82) is 0 Å². The number of amides is 2. The number of nitrogens with one attached hydrogen (secondary N) is 1. The third-order valence-corrected chi connectivity index (χ3v) is 4.68. The molecule has 1 aromatic heterocycles. The Bertz CT molecular complexity index is 735. The van der Waals surface area contributed by atoms with Crippen LogP contribution in [0.25, 0.3) is 0 Å². The summed E-state index contributed by atoms with van der Waals surface area (Å²) in [6.45, 7) is 3.04. The summed E-state index contributed by atoms with van der Waals surface area (Å²) in [5.74, 6) is -0.376. The molecule has 0 aliphatic carbocycles. The van der Waals surface area contributed by atoms with Gasteiger partial charge in [-0.05, 0) is 30.1 Å². The zero-order chi connectivity index (χ0) is 17.6. The highest BCUT2D eigenvalue weighted by atomic mass is 32.1. The molecule has 8 heteroatoms. The minimum Gasteiger partial charge on any atom is -0.365 e. The molecule has 132 valence electrons. The number of para-hydroxylation sites is 1. The van der Waals surface area contributed by atoms with Crippen LogP contribution in [0.4, 0.5) is 5.69 Å². The Morgan fingerprint density at radius 2 is 2.16 bits per heavy atom. The van der Waals surface area contributed by atoms with Crippen molar-refractivity contribution in [3.63, 3.8) is 0 Å². The number of carbonyl (C=O) groups excluding carboxylic acids is 2. The smallest absolute Gasteiger partial charge is 0.267 e. The Morgan fingerprint density at radius 3 is 2.92 bits per heavy atom. The number of ether oxygens (including phenoxy) is 1. The second-order valence-corrected chi connectivity index (χ2v) is 6.52. The molecule has 7 nitrogen and oxygen atoms in total. The van der Waals surface area contributed by atoms with Gasteiger partial charge in [-0.25, -0.2) is 0 Å². The molecule has 1 aliphatic heterocycles. The van der Waals surface area contributed by atoms with Crippen molar-refractivity contribution in [1.82, 2.24) is 14.5 Å². The van der Waals surface area contributed by atoms with E-state index in [1.165, 1.54) is 0 Å². The van der Waals surface area contributed by atoms with E-state index in [9.17, 15) is 9.59 Å². The molecule has 1 fully saturated rings. The van der Waals surface area contributed by atoms with E-state index in [0.29, 0.717) is 23.7 Å². The van der Waals surface area contributed by atoms with Crippen LogP contribution in [0.15, 0.2) is 30.3 Å². The largest absolute Gasteiger partial charge is 0.365 e. The van der Waals surface area contributed by atoms with Gasteiger partial charge in [0.25, 0.3) is 11.8 Å². The summed E-state index contributed by atoms with van der Waals surface area (Å²) in [7, 11) is 0. The fraction of sp³-hybridized carbons (Fsp3) is 0.412. The lowest BCUT2D eigenvalue weighted by atomic mass is 10.2. The molecule has 2 aromatic rings. The topological polar surface area (TPSA) is 84.4 Å². The lowest BCUT2D eigenvalue weighted by molar-refractivity contribution is -0.131. The van der Waals surface area contributed by atoms with Crippen LogP contribution in [0.2, 0.25) is 0 Å². The van der Waals surface area contributed by atoms with Crippen molar-refractivity contribution < 1.29 is 14.3 Å². The summed E-state index contributed by atoms with van der Waals surface area (Å²) in [5.41, 5.74) is 1.44. The maximum absolute atomic E-state index is 12.8. The van der Waals surface area contributed by atoms with Crippen LogP contribution >= 0.6 is 11.5 Å². The predicted molar refractivity (Wildman–Crippen MR) is 94.6 cm³/mol. The first-order valence-corrected chi connectivity index (χ1v) is 9.04. The Kier molecular flexibility index (Phi) is 5.72. The van der Waals surface area contributed by atoms with Crippen molar-refractivity contribution in [3.05, 3.63) is 40.9 Å². The third kappa shape index (κ3) is 4.21. The minimum absolute atomic E-state index is 0.126. The number of morpholine rings is 1. The number of aromatic nitrogens is 2. The van der Waals surface area contributed by atoms with Gasteiger partial charge in [0.15, 0.2) is 6.10 Å². The molecule has 0 spiro atoms. The van der Waals surface area contributed by atoms with Crippen LogP contribution in [0, 0.1) is 0 Å². The standard InChI is InChI=1S/C17H20N4O3S/c1-2-6-13-15(25-20-19-13)17(23)21-9-10-24-14(11-21)16(22)18-12-7-4-3-5-8-12/h3-5,7-8,14H,2,6,9-11H2,1H3,(H,18,22).